The summed E-state index contributed by atoms with van der Waals surface area (Å²) in [5.41, 5.74) is 0.629. The molecule has 0 saturated carbocycles. The number of hydrogen-bond donors (Lipinski definition) is 0. The average molecular weight is 360 g/mol. The van der Waals surface area contributed by atoms with Gasteiger partial charge in [-0.1, -0.05) is 24.3 Å². The molecule has 1 unspecified atom stereocenters. The number of nitrogens with zero attached hydrogens (tertiary/aromatic N) is 2. The lowest BCUT2D eigenvalue weighted by molar-refractivity contribution is -0.150. The summed E-state index contributed by atoms with van der Waals surface area (Å²) in [7, 11) is -3.72. The Morgan fingerprint density at radius 1 is 1.12 bits per heavy atom. The highest BCUT2D eigenvalue weighted by molar-refractivity contribution is 7.89. The average Bonchev–Trinajstić information content (AvgIpc) is 2.67. The SMILES string of the molecule is O=C(OCc1ccccn1)C1CCCCN1S(=O)(=O)c1ccccc1. The summed E-state index contributed by atoms with van der Waals surface area (Å²) in [5.74, 6) is -0.523. The standard InChI is InChI=1S/C18H20N2O4S/c21-18(24-14-15-8-4-6-12-19-15)17-11-5-7-13-20(17)25(22,23)16-9-2-1-3-10-16/h1-4,6,8-10,12,17H,5,7,11,13-14H2. The van der Waals surface area contributed by atoms with Gasteiger partial charge in [0.05, 0.1) is 10.6 Å². The van der Waals surface area contributed by atoms with Crippen LogP contribution in [0.2, 0.25) is 0 Å². The summed E-state index contributed by atoms with van der Waals surface area (Å²) < 4.78 is 32.4. The van der Waals surface area contributed by atoms with Gasteiger partial charge in [0.25, 0.3) is 0 Å². The first-order valence-corrected chi connectivity index (χ1v) is 9.66. The van der Waals surface area contributed by atoms with Crippen molar-refractivity contribution < 1.29 is 17.9 Å². The van der Waals surface area contributed by atoms with Crippen LogP contribution in [-0.2, 0) is 26.2 Å². The van der Waals surface area contributed by atoms with Crippen LogP contribution in [0.25, 0.3) is 0 Å². The fourth-order valence-electron chi connectivity index (χ4n) is 2.88. The van der Waals surface area contributed by atoms with Gasteiger partial charge in [-0.2, -0.15) is 4.31 Å². The molecule has 1 atom stereocenters. The molecule has 1 aromatic carbocycles. The highest BCUT2D eigenvalue weighted by Gasteiger charge is 2.38. The number of hydrogen-bond acceptors (Lipinski definition) is 5. The molecule has 1 fully saturated rings. The summed E-state index contributed by atoms with van der Waals surface area (Å²) in [4.78, 5) is 16.8. The van der Waals surface area contributed by atoms with E-state index in [1.54, 1.807) is 48.7 Å². The number of aromatic nitrogens is 1. The van der Waals surface area contributed by atoms with Gasteiger partial charge in [0, 0.05) is 12.7 Å². The molecule has 25 heavy (non-hydrogen) atoms. The third-order valence-electron chi connectivity index (χ3n) is 4.16. The molecular formula is C18H20N2O4S. The molecule has 0 bridgehead atoms. The van der Waals surface area contributed by atoms with E-state index < -0.39 is 22.0 Å². The van der Waals surface area contributed by atoms with E-state index in [0.717, 1.165) is 12.8 Å². The van der Waals surface area contributed by atoms with E-state index >= 15 is 0 Å². The van der Waals surface area contributed by atoms with E-state index in [-0.39, 0.29) is 11.5 Å². The Morgan fingerprint density at radius 2 is 1.88 bits per heavy atom. The van der Waals surface area contributed by atoms with E-state index in [1.165, 1.54) is 4.31 Å². The molecule has 2 aromatic rings. The molecule has 7 heteroatoms. The fourth-order valence-corrected chi connectivity index (χ4v) is 4.55. The van der Waals surface area contributed by atoms with Crippen LogP contribution in [0.5, 0.6) is 0 Å². The van der Waals surface area contributed by atoms with Crippen molar-refractivity contribution in [2.45, 2.75) is 36.8 Å². The van der Waals surface area contributed by atoms with Crippen molar-refractivity contribution in [3.63, 3.8) is 0 Å². The highest BCUT2D eigenvalue weighted by atomic mass is 32.2. The van der Waals surface area contributed by atoms with Gasteiger partial charge < -0.3 is 4.74 Å². The maximum Gasteiger partial charge on any atom is 0.324 e. The first-order valence-electron chi connectivity index (χ1n) is 8.22. The maximum absolute atomic E-state index is 12.9. The zero-order valence-corrected chi connectivity index (χ0v) is 14.6. The van der Waals surface area contributed by atoms with E-state index in [9.17, 15) is 13.2 Å². The minimum atomic E-state index is -3.72. The van der Waals surface area contributed by atoms with Crippen LogP contribution in [0.3, 0.4) is 0 Å². The van der Waals surface area contributed by atoms with Gasteiger partial charge in [0.1, 0.15) is 12.6 Å². The lowest BCUT2D eigenvalue weighted by Crippen LogP contribution is -2.48. The Balaban J connectivity index is 1.75. The molecule has 1 aliphatic rings. The predicted octanol–water partition coefficient (Wildman–Crippen LogP) is 2.37. The number of rotatable bonds is 5. The Bertz CT molecular complexity index is 809. The van der Waals surface area contributed by atoms with Crippen LogP contribution >= 0.6 is 0 Å². The molecule has 1 aromatic heterocycles. The number of benzene rings is 1. The third-order valence-corrected chi connectivity index (χ3v) is 6.09. The van der Waals surface area contributed by atoms with Gasteiger partial charge in [0.2, 0.25) is 10.0 Å². The minimum Gasteiger partial charge on any atom is -0.458 e. The van der Waals surface area contributed by atoms with Crippen LogP contribution < -0.4 is 0 Å². The molecule has 1 saturated heterocycles. The lowest BCUT2D eigenvalue weighted by Gasteiger charge is -2.33. The quantitative estimate of drug-likeness (QED) is 0.765. The molecule has 6 nitrogen and oxygen atoms in total. The van der Waals surface area contributed by atoms with Crippen LogP contribution in [0, 0.1) is 0 Å². The molecule has 3 rings (SSSR count). The van der Waals surface area contributed by atoms with Crippen molar-refractivity contribution >= 4 is 16.0 Å². The predicted molar refractivity (Wildman–Crippen MR) is 92.0 cm³/mol. The molecule has 0 aliphatic carbocycles. The smallest absolute Gasteiger partial charge is 0.324 e. The monoisotopic (exact) mass is 360 g/mol. The fraction of sp³-hybridized carbons (Fsp3) is 0.333. The van der Waals surface area contributed by atoms with Gasteiger partial charge in [-0.05, 0) is 43.5 Å². The number of carbonyl (C=O) groups excluding carboxylic acids is 1. The van der Waals surface area contributed by atoms with Crippen LogP contribution in [-0.4, -0.2) is 36.3 Å². The van der Waals surface area contributed by atoms with E-state index in [4.69, 9.17) is 4.74 Å². The summed E-state index contributed by atoms with van der Waals surface area (Å²) >= 11 is 0. The normalized spacial score (nSPS) is 18.6. The molecule has 0 amide bonds. The summed E-state index contributed by atoms with van der Waals surface area (Å²) in [6, 6.07) is 12.7. The van der Waals surface area contributed by atoms with Crippen LogP contribution in [0.1, 0.15) is 25.0 Å². The summed E-state index contributed by atoms with van der Waals surface area (Å²) in [6.45, 7) is 0.357. The number of ether oxygens (including phenoxy) is 1. The van der Waals surface area contributed by atoms with Crippen LogP contribution in [0.4, 0.5) is 0 Å². The maximum atomic E-state index is 12.9. The minimum absolute atomic E-state index is 0.0371. The number of carbonyl (C=O) groups is 1. The van der Waals surface area contributed by atoms with Gasteiger partial charge in [-0.15, -0.1) is 0 Å². The van der Waals surface area contributed by atoms with E-state index in [0.29, 0.717) is 18.7 Å². The van der Waals surface area contributed by atoms with Crippen molar-refractivity contribution in [1.82, 2.24) is 9.29 Å². The van der Waals surface area contributed by atoms with Crippen molar-refractivity contribution in [2.75, 3.05) is 6.54 Å². The number of esters is 1. The van der Waals surface area contributed by atoms with Crippen molar-refractivity contribution in [3.8, 4) is 0 Å². The Kier molecular flexibility index (Phi) is 5.45. The number of piperidine rings is 1. The third kappa shape index (κ3) is 4.05. The summed E-state index contributed by atoms with van der Waals surface area (Å²) in [6.07, 6.45) is 3.61. The zero-order valence-electron chi connectivity index (χ0n) is 13.7. The largest absolute Gasteiger partial charge is 0.458 e. The van der Waals surface area contributed by atoms with Crippen molar-refractivity contribution in [1.29, 1.82) is 0 Å². The molecular weight excluding hydrogens is 340 g/mol. The van der Waals surface area contributed by atoms with Gasteiger partial charge in [-0.25, -0.2) is 8.42 Å². The van der Waals surface area contributed by atoms with Crippen molar-refractivity contribution in [3.05, 3.63) is 60.4 Å². The topological polar surface area (TPSA) is 76.6 Å². The molecule has 0 radical (unpaired) electrons. The molecule has 132 valence electrons. The first kappa shape index (κ1) is 17.6. The second-order valence-corrected chi connectivity index (χ2v) is 7.76. The van der Waals surface area contributed by atoms with E-state index in [2.05, 4.69) is 4.98 Å². The Morgan fingerprint density at radius 3 is 2.60 bits per heavy atom. The number of pyridine rings is 1. The van der Waals surface area contributed by atoms with Gasteiger partial charge in [-0.3, -0.25) is 9.78 Å². The zero-order chi connectivity index (χ0) is 17.7. The second kappa shape index (κ2) is 7.76. The van der Waals surface area contributed by atoms with E-state index in [1.807, 2.05) is 6.07 Å². The lowest BCUT2D eigenvalue weighted by atomic mass is 10.1. The second-order valence-electron chi connectivity index (χ2n) is 5.87. The Hall–Kier alpha value is -2.25. The first-order chi connectivity index (χ1) is 12.1. The van der Waals surface area contributed by atoms with Crippen molar-refractivity contribution in [2.24, 2.45) is 0 Å². The van der Waals surface area contributed by atoms with Gasteiger partial charge in [0.15, 0.2) is 0 Å². The molecule has 2 heterocycles. The van der Waals surface area contributed by atoms with Crippen LogP contribution in [0.15, 0.2) is 59.6 Å². The molecule has 0 N–H and O–H groups in total. The number of sulfonamides is 1. The highest BCUT2D eigenvalue weighted by Crippen LogP contribution is 2.26. The molecule has 1 aliphatic heterocycles. The summed E-state index contributed by atoms with van der Waals surface area (Å²) in [5, 5.41) is 0. The Labute approximate surface area is 147 Å². The van der Waals surface area contributed by atoms with Gasteiger partial charge >= 0.3 is 5.97 Å². The molecule has 0 spiro atoms.